The van der Waals surface area contributed by atoms with Gasteiger partial charge >= 0.3 is 6.18 Å². The van der Waals surface area contributed by atoms with E-state index in [-0.39, 0.29) is 24.6 Å². The zero-order valence-electron chi connectivity index (χ0n) is 13.2. The van der Waals surface area contributed by atoms with Crippen LogP contribution >= 0.6 is 11.6 Å². The predicted octanol–water partition coefficient (Wildman–Crippen LogP) is 3.85. The Morgan fingerprint density at radius 2 is 2.16 bits per heavy atom. The number of fused-ring (bicyclic) bond motifs is 1. The third-order valence-electron chi connectivity index (χ3n) is 3.97. The molecule has 2 heterocycles. The number of carbonyl (C=O) groups is 1. The van der Waals surface area contributed by atoms with Crippen LogP contribution in [0.1, 0.15) is 28.3 Å². The average Bonchev–Trinajstić information content (AvgIpc) is 2.92. The fraction of sp³-hybridized carbons (Fsp3) is 0.294. The van der Waals surface area contributed by atoms with E-state index in [0.29, 0.717) is 5.75 Å². The molecule has 0 saturated carbocycles. The van der Waals surface area contributed by atoms with Crippen LogP contribution in [0.3, 0.4) is 0 Å². The minimum Gasteiger partial charge on any atom is -0.489 e. The molecule has 132 valence electrons. The Bertz CT molecular complexity index is 824. The number of benzene rings is 1. The number of alkyl halides is 3. The summed E-state index contributed by atoms with van der Waals surface area (Å²) in [4.78, 5) is 16.3. The Hall–Kier alpha value is -2.28. The lowest BCUT2D eigenvalue weighted by atomic mass is 10.0. The molecule has 1 aromatic carbocycles. The van der Waals surface area contributed by atoms with Gasteiger partial charge in [0.25, 0.3) is 0 Å². The van der Waals surface area contributed by atoms with E-state index in [1.54, 1.807) is 12.4 Å². The van der Waals surface area contributed by atoms with E-state index >= 15 is 0 Å². The third kappa shape index (κ3) is 3.56. The maximum Gasteiger partial charge on any atom is 0.417 e. The zero-order valence-corrected chi connectivity index (χ0v) is 13.9. The molecular weight excluding hydrogens is 357 g/mol. The molecule has 25 heavy (non-hydrogen) atoms. The molecule has 0 aliphatic carbocycles. The van der Waals surface area contributed by atoms with Crippen molar-refractivity contribution in [2.45, 2.75) is 25.6 Å². The van der Waals surface area contributed by atoms with Crippen molar-refractivity contribution in [2.75, 3.05) is 6.61 Å². The van der Waals surface area contributed by atoms with Gasteiger partial charge in [0.2, 0.25) is 5.91 Å². The molecule has 0 bridgehead atoms. The molecule has 1 aromatic heterocycles. The van der Waals surface area contributed by atoms with Crippen LogP contribution in [0.5, 0.6) is 5.75 Å². The lowest BCUT2D eigenvalue weighted by Crippen LogP contribution is -2.31. The van der Waals surface area contributed by atoms with Gasteiger partial charge in [-0.1, -0.05) is 23.7 Å². The normalized spacial score (nSPS) is 16.3. The predicted molar refractivity (Wildman–Crippen MR) is 85.5 cm³/mol. The summed E-state index contributed by atoms with van der Waals surface area (Å²) < 4.78 is 44.2. The first-order valence-electron chi connectivity index (χ1n) is 7.48. The summed E-state index contributed by atoms with van der Waals surface area (Å²) in [6.45, 7) is 2.10. The van der Waals surface area contributed by atoms with Crippen LogP contribution in [-0.2, 0) is 17.4 Å². The highest BCUT2D eigenvalue weighted by atomic mass is 35.5. The first-order valence-corrected chi connectivity index (χ1v) is 7.86. The topological polar surface area (TPSA) is 51.2 Å². The highest BCUT2D eigenvalue weighted by Gasteiger charge is 2.34. The molecule has 1 amide bonds. The van der Waals surface area contributed by atoms with Gasteiger partial charge in [-0.3, -0.25) is 9.78 Å². The molecule has 0 spiro atoms. The number of aromatic nitrogens is 1. The van der Waals surface area contributed by atoms with E-state index < -0.39 is 22.7 Å². The molecule has 1 atom stereocenters. The van der Waals surface area contributed by atoms with Crippen molar-refractivity contribution in [1.29, 1.82) is 0 Å². The number of nitrogens with one attached hydrogen (secondary N) is 1. The molecule has 0 saturated heterocycles. The van der Waals surface area contributed by atoms with Gasteiger partial charge in [0.15, 0.2) is 0 Å². The molecule has 4 nitrogen and oxygen atoms in total. The fourth-order valence-electron chi connectivity index (χ4n) is 2.84. The van der Waals surface area contributed by atoms with Gasteiger partial charge in [-0.25, -0.2) is 0 Å². The van der Waals surface area contributed by atoms with E-state index in [2.05, 4.69) is 10.3 Å². The minimum absolute atomic E-state index is 0.125. The molecular formula is C17H14ClF3N2O2. The first kappa shape index (κ1) is 17.5. The van der Waals surface area contributed by atoms with Crippen molar-refractivity contribution in [1.82, 2.24) is 10.3 Å². The van der Waals surface area contributed by atoms with E-state index in [9.17, 15) is 18.0 Å². The van der Waals surface area contributed by atoms with Gasteiger partial charge < -0.3 is 10.1 Å². The lowest BCUT2D eigenvalue weighted by Gasteiger charge is -2.15. The van der Waals surface area contributed by atoms with Crippen molar-refractivity contribution in [3.8, 4) is 5.75 Å². The molecule has 3 rings (SSSR count). The number of amides is 1. The molecule has 1 N–H and O–H groups in total. The van der Waals surface area contributed by atoms with Gasteiger partial charge in [-0.05, 0) is 24.1 Å². The van der Waals surface area contributed by atoms with Crippen molar-refractivity contribution in [2.24, 2.45) is 0 Å². The van der Waals surface area contributed by atoms with Crippen LogP contribution in [0.4, 0.5) is 13.2 Å². The number of hydrogen-bond acceptors (Lipinski definition) is 3. The monoisotopic (exact) mass is 370 g/mol. The number of rotatable bonds is 3. The van der Waals surface area contributed by atoms with Crippen LogP contribution in [0.15, 0.2) is 30.6 Å². The average molecular weight is 371 g/mol. The Morgan fingerprint density at radius 3 is 2.88 bits per heavy atom. The molecule has 2 aromatic rings. The van der Waals surface area contributed by atoms with Crippen LogP contribution in [0.25, 0.3) is 0 Å². The first-order chi connectivity index (χ1) is 11.8. The number of halogens is 4. The number of aryl methyl sites for hydroxylation is 1. The molecule has 8 heteroatoms. The molecule has 0 radical (unpaired) electrons. The molecule has 1 aliphatic heterocycles. The minimum atomic E-state index is -4.56. The standard InChI is InChI=1S/C17H14ClF3N2O2/c1-9-6-22-7-13-15(9)12(8-25-13)23-14(24)5-10-3-2-4-11(16(10)18)17(19,20)21/h2-4,6-7,12H,5,8H2,1H3,(H,23,24). The van der Waals surface area contributed by atoms with E-state index in [4.69, 9.17) is 16.3 Å². The van der Waals surface area contributed by atoms with Crippen molar-refractivity contribution in [3.05, 3.63) is 57.9 Å². The number of ether oxygens (including phenoxy) is 1. The van der Waals surface area contributed by atoms with Gasteiger partial charge in [0.05, 0.1) is 29.2 Å². The summed E-state index contributed by atoms with van der Waals surface area (Å²) in [5.74, 6) is 0.168. The van der Waals surface area contributed by atoms with Crippen LogP contribution in [0, 0.1) is 6.92 Å². The van der Waals surface area contributed by atoms with Crippen molar-refractivity contribution in [3.63, 3.8) is 0 Å². The second kappa shape index (κ2) is 6.55. The Kier molecular flexibility index (Phi) is 4.60. The lowest BCUT2D eigenvalue weighted by molar-refractivity contribution is -0.137. The quantitative estimate of drug-likeness (QED) is 0.892. The smallest absolute Gasteiger partial charge is 0.417 e. The second-order valence-corrected chi connectivity index (χ2v) is 6.13. The highest BCUT2D eigenvalue weighted by Crippen LogP contribution is 2.37. The number of nitrogens with zero attached hydrogens (tertiary/aromatic N) is 1. The second-order valence-electron chi connectivity index (χ2n) is 5.75. The maximum atomic E-state index is 12.9. The summed E-state index contributed by atoms with van der Waals surface area (Å²) in [6, 6.07) is 3.17. The fourth-order valence-corrected chi connectivity index (χ4v) is 3.14. The van der Waals surface area contributed by atoms with Gasteiger partial charge in [-0.2, -0.15) is 13.2 Å². The number of carbonyl (C=O) groups excluding carboxylic acids is 1. The van der Waals surface area contributed by atoms with Gasteiger partial charge in [0, 0.05) is 11.8 Å². The molecule has 1 unspecified atom stereocenters. The summed E-state index contributed by atoms with van der Waals surface area (Å²) in [5, 5.41) is 2.33. The SMILES string of the molecule is Cc1cncc2c1C(NC(=O)Cc1cccc(C(F)(F)F)c1Cl)CO2. The summed E-state index contributed by atoms with van der Waals surface area (Å²) in [6.07, 6.45) is -1.58. The maximum absolute atomic E-state index is 12.9. The largest absolute Gasteiger partial charge is 0.489 e. The zero-order chi connectivity index (χ0) is 18.2. The highest BCUT2D eigenvalue weighted by molar-refractivity contribution is 6.32. The third-order valence-corrected chi connectivity index (χ3v) is 4.42. The van der Waals surface area contributed by atoms with E-state index in [1.165, 1.54) is 12.1 Å². The Balaban J connectivity index is 1.75. The molecule has 1 aliphatic rings. The van der Waals surface area contributed by atoms with Crippen LogP contribution in [-0.4, -0.2) is 17.5 Å². The van der Waals surface area contributed by atoms with Gasteiger partial charge in [0.1, 0.15) is 12.4 Å². The molecule has 0 fully saturated rings. The summed E-state index contributed by atoms with van der Waals surface area (Å²) >= 11 is 5.83. The van der Waals surface area contributed by atoms with E-state index in [0.717, 1.165) is 17.2 Å². The Morgan fingerprint density at radius 1 is 1.40 bits per heavy atom. The summed E-state index contributed by atoms with van der Waals surface area (Å²) in [5.41, 5.74) is 0.881. The van der Waals surface area contributed by atoms with Crippen LogP contribution in [0.2, 0.25) is 5.02 Å². The number of pyridine rings is 1. The van der Waals surface area contributed by atoms with Crippen molar-refractivity contribution < 1.29 is 22.7 Å². The van der Waals surface area contributed by atoms with Gasteiger partial charge in [-0.15, -0.1) is 0 Å². The van der Waals surface area contributed by atoms with Crippen LogP contribution < -0.4 is 10.1 Å². The van der Waals surface area contributed by atoms with E-state index in [1.807, 2.05) is 6.92 Å². The summed E-state index contributed by atoms with van der Waals surface area (Å²) in [7, 11) is 0. The number of hydrogen-bond donors (Lipinski definition) is 1. The van der Waals surface area contributed by atoms with Crippen molar-refractivity contribution >= 4 is 17.5 Å². The Labute approximate surface area is 147 Å².